The van der Waals surface area contributed by atoms with Gasteiger partial charge in [-0.15, -0.1) is 0 Å². The van der Waals surface area contributed by atoms with E-state index in [4.69, 9.17) is 4.74 Å². The molecule has 0 bridgehead atoms. The first-order valence-electron chi connectivity index (χ1n) is 14.1. The molecular formula is C33H43FN2O5. The maximum atomic E-state index is 14.0. The number of carbonyl (C=O) groups is 2. The third-order valence-electron chi connectivity index (χ3n) is 6.71. The quantitative estimate of drug-likeness (QED) is 0.277. The highest BCUT2D eigenvalue weighted by molar-refractivity contribution is 6.05. The molecule has 222 valence electrons. The first-order valence-corrected chi connectivity index (χ1v) is 14.1. The molecule has 3 aromatic rings. The Kier molecular flexibility index (Phi) is 10.5. The van der Waals surface area contributed by atoms with Crippen molar-refractivity contribution in [3.63, 3.8) is 0 Å². The third kappa shape index (κ3) is 8.27. The van der Waals surface area contributed by atoms with Crippen molar-refractivity contribution in [2.45, 2.75) is 84.2 Å². The van der Waals surface area contributed by atoms with E-state index < -0.39 is 23.8 Å². The number of aliphatic hydroxyl groups is 2. The molecule has 7 nitrogen and oxygen atoms in total. The number of hydrogen-bond acceptors (Lipinski definition) is 5. The maximum absolute atomic E-state index is 14.0. The number of carbonyl (C=O) groups excluding carboxylic acids is 2. The maximum Gasteiger partial charge on any atom is 0.308 e. The van der Waals surface area contributed by atoms with Crippen LogP contribution in [0.4, 0.5) is 4.39 Å². The molecule has 0 aliphatic heterocycles. The fourth-order valence-corrected chi connectivity index (χ4v) is 5.08. The van der Waals surface area contributed by atoms with Gasteiger partial charge < -0.3 is 24.4 Å². The number of esters is 1. The Hall–Kier alpha value is -3.49. The highest BCUT2D eigenvalue weighted by Gasteiger charge is 2.31. The van der Waals surface area contributed by atoms with Gasteiger partial charge in [-0.2, -0.15) is 0 Å². The lowest BCUT2D eigenvalue weighted by Gasteiger charge is -2.22. The van der Waals surface area contributed by atoms with Crippen LogP contribution in [-0.4, -0.2) is 63.5 Å². The summed E-state index contributed by atoms with van der Waals surface area (Å²) < 4.78 is 21.3. The van der Waals surface area contributed by atoms with Crippen LogP contribution in [0.1, 0.15) is 76.1 Å². The Bertz CT molecular complexity index is 1320. The molecule has 2 atom stereocenters. The second kappa shape index (κ2) is 13.4. The predicted molar refractivity (Wildman–Crippen MR) is 159 cm³/mol. The van der Waals surface area contributed by atoms with Crippen molar-refractivity contribution in [3.05, 3.63) is 71.8 Å². The number of ether oxygens (including phenoxy) is 1. The molecule has 8 heteroatoms. The van der Waals surface area contributed by atoms with Crippen LogP contribution in [0.2, 0.25) is 0 Å². The van der Waals surface area contributed by atoms with Crippen molar-refractivity contribution in [3.8, 4) is 22.3 Å². The number of rotatable bonds is 11. The summed E-state index contributed by atoms with van der Waals surface area (Å²) in [6.45, 7) is 9.27. The zero-order valence-electron chi connectivity index (χ0n) is 25.1. The minimum atomic E-state index is -1.06. The Labute approximate surface area is 242 Å². The Morgan fingerprint density at radius 3 is 2.05 bits per heavy atom. The number of hydrogen-bond donors (Lipinski definition) is 2. The fourth-order valence-electron chi connectivity index (χ4n) is 5.08. The number of aromatic nitrogens is 1. The van der Waals surface area contributed by atoms with Gasteiger partial charge in [0.2, 0.25) is 0 Å². The molecule has 0 saturated carbocycles. The van der Waals surface area contributed by atoms with Crippen LogP contribution in [0.15, 0.2) is 54.6 Å². The molecule has 1 amide bonds. The predicted octanol–water partition coefficient (Wildman–Crippen LogP) is 6.02. The van der Waals surface area contributed by atoms with E-state index in [9.17, 15) is 24.2 Å². The van der Waals surface area contributed by atoms with Crippen LogP contribution in [0.5, 0.6) is 0 Å². The van der Waals surface area contributed by atoms with E-state index in [-0.39, 0.29) is 37.0 Å². The van der Waals surface area contributed by atoms with Crippen molar-refractivity contribution in [1.29, 1.82) is 0 Å². The Morgan fingerprint density at radius 1 is 0.927 bits per heavy atom. The van der Waals surface area contributed by atoms with Crippen molar-refractivity contribution >= 4 is 11.9 Å². The lowest BCUT2D eigenvalue weighted by atomic mass is 9.92. The SMILES string of the molecule is CC(C)n1c(CC[C@@H](O)C[C@@H](O)CC(=O)OC(C)(C)C)c(-c2ccc(F)cc2)c(-c2ccccc2)c1C(=O)N(C)C. The van der Waals surface area contributed by atoms with Gasteiger partial charge in [0.25, 0.3) is 5.91 Å². The Balaban J connectivity index is 2.07. The summed E-state index contributed by atoms with van der Waals surface area (Å²) in [6, 6.07) is 15.7. The van der Waals surface area contributed by atoms with E-state index in [2.05, 4.69) is 0 Å². The molecular weight excluding hydrogens is 523 g/mol. The Morgan fingerprint density at radius 2 is 1.51 bits per heavy atom. The summed E-state index contributed by atoms with van der Waals surface area (Å²) in [5.74, 6) is -1.05. The first-order chi connectivity index (χ1) is 19.2. The fraction of sp³-hybridized carbons (Fsp3) is 0.455. The molecule has 1 heterocycles. The average Bonchev–Trinajstić information content (AvgIpc) is 3.21. The van der Waals surface area contributed by atoms with Crippen molar-refractivity contribution in [1.82, 2.24) is 9.47 Å². The van der Waals surface area contributed by atoms with Crippen LogP contribution >= 0.6 is 0 Å². The number of benzene rings is 2. The van der Waals surface area contributed by atoms with Crippen LogP contribution in [0, 0.1) is 5.82 Å². The summed E-state index contributed by atoms with van der Waals surface area (Å²) in [6.07, 6.45) is -1.51. The monoisotopic (exact) mass is 566 g/mol. The molecule has 0 radical (unpaired) electrons. The largest absolute Gasteiger partial charge is 0.460 e. The second-order valence-corrected chi connectivity index (χ2v) is 12.0. The third-order valence-corrected chi connectivity index (χ3v) is 6.71. The van der Waals surface area contributed by atoms with Crippen LogP contribution in [0.25, 0.3) is 22.3 Å². The average molecular weight is 567 g/mol. The van der Waals surface area contributed by atoms with E-state index in [0.717, 1.165) is 27.9 Å². The van der Waals surface area contributed by atoms with Crippen LogP contribution in [0.3, 0.4) is 0 Å². The van der Waals surface area contributed by atoms with Gasteiger partial charge in [0.05, 0.1) is 18.6 Å². The van der Waals surface area contributed by atoms with E-state index in [0.29, 0.717) is 12.1 Å². The smallest absolute Gasteiger partial charge is 0.308 e. The highest BCUT2D eigenvalue weighted by atomic mass is 19.1. The summed E-state index contributed by atoms with van der Waals surface area (Å²) in [7, 11) is 3.42. The van der Waals surface area contributed by atoms with Crippen molar-refractivity contribution < 1.29 is 28.9 Å². The van der Waals surface area contributed by atoms with Gasteiger partial charge in [0, 0.05) is 37.0 Å². The topological polar surface area (TPSA) is 92.0 Å². The zero-order chi connectivity index (χ0) is 30.5. The van der Waals surface area contributed by atoms with Gasteiger partial charge in [-0.05, 0) is 77.1 Å². The molecule has 0 spiro atoms. The summed E-state index contributed by atoms with van der Waals surface area (Å²) in [5.41, 5.74) is 3.85. The van der Waals surface area contributed by atoms with E-state index in [1.54, 1.807) is 51.9 Å². The molecule has 0 fully saturated rings. The molecule has 0 saturated heterocycles. The molecule has 0 aliphatic rings. The lowest BCUT2D eigenvalue weighted by molar-refractivity contribution is -0.157. The van der Waals surface area contributed by atoms with E-state index in [1.807, 2.05) is 48.7 Å². The van der Waals surface area contributed by atoms with Gasteiger partial charge in [0.1, 0.15) is 17.1 Å². The number of halogens is 1. The van der Waals surface area contributed by atoms with Crippen molar-refractivity contribution in [2.75, 3.05) is 14.1 Å². The van der Waals surface area contributed by atoms with Crippen LogP contribution < -0.4 is 0 Å². The minimum Gasteiger partial charge on any atom is -0.460 e. The zero-order valence-corrected chi connectivity index (χ0v) is 25.1. The van der Waals surface area contributed by atoms with Crippen LogP contribution in [-0.2, 0) is 16.0 Å². The number of nitrogens with zero attached hydrogens (tertiary/aromatic N) is 2. The lowest BCUT2D eigenvalue weighted by Crippen LogP contribution is -2.28. The van der Waals surface area contributed by atoms with Gasteiger partial charge in [-0.3, -0.25) is 9.59 Å². The van der Waals surface area contributed by atoms with Gasteiger partial charge in [0.15, 0.2) is 0 Å². The van der Waals surface area contributed by atoms with E-state index in [1.165, 1.54) is 12.1 Å². The standard InChI is InChI=1S/C33H43FN2O5/c1-21(2)36-27(18-17-25(37)19-26(38)20-28(39)41-33(3,4)5)29(23-13-15-24(34)16-14-23)30(22-11-9-8-10-12-22)31(36)32(40)35(6)7/h8-16,21,25-26,37-38H,17-20H2,1-7H3/t25-,26-/m1/s1. The molecule has 2 aromatic carbocycles. The van der Waals surface area contributed by atoms with E-state index >= 15 is 0 Å². The van der Waals surface area contributed by atoms with Gasteiger partial charge in [-0.1, -0.05) is 42.5 Å². The summed E-state index contributed by atoms with van der Waals surface area (Å²) in [4.78, 5) is 27.4. The number of amides is 1. The normalized spacial score (nSPS) is 13.2. The van der Waals surface area contributed by atoms with Crippen molar-refractivity contribution in [2.24, 2.45) is 0 Å². The molecule has 0 aliphatic carbocycles. The van der Waals surface area contributed by atoms with Gasteiger partial charge in [-0.25, -0.2) is 4.39 Å². The highest BCUT2D eigenvalue weighted by Crippen LogP contribution is 2.43. The molecule has 0 unspecified atom stereocenters. The molecule has 41 heavy (non-hydrogen) atoms. The minimum absolute atomic E-state index is 0.00252. The molecule has 2 N–H and O–H groups in total. The first kappa shape index (κ1) is 32.0. The second-order valence-electron chi connectivity index (χ2n) is 12.0. The summed E-state index contributed by atoms with van der Waals surface area (Å²) in [5, 5.41) is 21.4. The summed E-state index contributed by atoms with van der Waals surface area (Å²) >= 11 is 0. The molecule has 3 rings (SSSR count). The molecule has 1 aromatic heterocycles. The number of aliphatic hydroxyl groups excluding tert-OH is 2. The van der Waals surface area contributed by atoms with Gasteiger partial charge >= 0.3 is 5.97 Å².